The summed E-state index contributed by atoms with van der Waals surface area (Å²) in [6, 6.07) is 53.9. The summed E-state index contributed by atoms with van der Waals surface area (Å²) in [5, 5.41) is 4.26. The van der Waals surface area contributed by atoms with Crippen molar-refractivity contribution in [3.63, 3.8) is 0 Å². The van der Waals surface area contributed by atoms with Gasteiger partial charge in [-0.15, -0.1) is 0 Å². The van der Waals surface area contributed by atoms with Crippen molar-refractivity contribution in [1.82, 2.24) is 24.5 Å². The molecule has 0 fully saturated rings. The molecule has 0 amide bonds. The van der Waals surface area contributed by atoms with Crippen molar-refractivity contribution < 1.29 is 8.83 Å². The number of allylic oxidation sites excluding steroid dienone is 2. The van der Waals surface area contributed by atoms with E-state index in [1.807, 2.05) is 84.9 Å². The Balaban J connectivity index is 1.12. The topological polar surface area (TPSA) is 86.0 Å². The van der Waals surface area contributed by atoms with Gasteiger partial charge in [0, 0.05) is 33.0 Å². The number of hydrogen-bond acceptors (Lipinski definition) is 7. The van der Waals surface area contributed by atoms with Gasteiger partial charge < -0.3 is 13.7 Å². The average molecular weight is 773 g/mol. The van der Waals surface area contributed by atoms with Gasteiger partial charge in [-0.2, -0.15) is 9.97 Å². The lowest BCUT2D eigenvalue weighted by atomic mass is 9.91. The van der Waals surface area contributed by atoms with E-state index in [1.54, 1.807) is 0 Å². The van der Waals surface area contributed by atoms with Gasteiger partial charge in [-0.05, 0) is 48.0 Å². The van der Waals surface area contributed by atoms with E-state index >= 15 is 0 Å². The number of aromatic nitrogens is 5. The second-order valence-corrected chi connectivity index (χ2v) is 15.3. The zero-order valence-electron chi connectivity index (χ0n) is 32.0. The van der Waals surface area contributed by atoms with Crippen LogP contribution in [0.5, 0.6) is 0 Å². The first-order valence-electron chi connectivity index (χ1n) is 20.1. The molecule has 1 aliphatic carbocycles. The molecule has 282 valence electrons. The number of furan rings is 1. The first-order valence-corrected chi connectivity index (χ1v) is 20.1. The van der Waals surface area contributed by atoms with E-state index in [0.29, 0.717) is 23.5 Å². The van der Waals surface area contributed by atoms with Gasteiger partial charge in [0.05, 0.1) is 39.6 Å². The zero-order valence-corrected chi connectivity index (χ0v) is 32.0. The molecule has 5 heterocycles. The molecule has 2 unspecified atom stereocenters. The Hall–Kier alpha value is -8.10. The van der Waals surface area contributed by atoms with Crippen LogP contribution in [0.2, 0.25) is 0 Å². The van der Waals surface area contributed by atoms with Crippen LogP contribution in [0.15, 0.2) is 191 Å². The van der Waals surface area contributed by atoms with Crippen LogP contribution >= 0.6 is 0 Å². The Labute approximate surface area is 343 Å². The third kappa shape index (κ3) is 4.79. The van der Waals surface area contributed by atoms with Gasteiger partial charge in [-0.25, -0.2) is 9.97 Å². The van der Waals surface area contributed by atoms with Crippen molar-refractivity contribution in [3.8, 4) is 40.2 Å². The molecule has 0 N–H and O–H groups in total. The Morgan fingerprint density at radius 3 is 2.15 bits per heavy atom. The van der Waals surface area contributed by atoms with E-state index < -0.39 is 0 Å². The minimum atomic E-state index is -0.00734. The smallest absolute Gasteiger partial charge is 0.238 e. The van der Waals surface area contributed by atoms with Crippen LogP contribution in [0.4, 0.5) is 11.4 Å². The normalized spacial score (nSPS) is 15.8. The highest BCUT2D eigenvalue weighted by molar-refractivity contribution is 6.15. The molecule has 1 aliphatic heterocycles. The van der Waals surface area contributed by atoms with Crippen molar-refractivity contribution >= 4 is 66.2 Å². The molecule has 2 aliphatic rings. The van der Waals surface area contributed by atoms with E-state index in [2.05, 4.69) is 107 Å². The summed E-state index contributed by atoms with van der Waals surface area (Å²) < 4.78 is 15.3. The van der Waals surface area contributed by atoms with E-state index in [0.717, 1.165) is 82.9 Å². The van der Waals surface area contributed by atoms with Crippen LogP contribution in [-0.4, -0.2) is 30.5 Å². The molecule has 7 aromatic carbocycles. The summed E-state index contributed by atoms with van der Waals surface area (Å²) >= 11 is 0. The van der Waals surface area contributed by atoms with E-state index in [4.69, 9.17) is 28.8 Å². The molecule has 0 spiro atoms. The lowest BCUT2D eigenvalue weighted by Gasteiger charge is -2.30. The standard InChI is InChI=1S/C52H32N6O2/c1-2-15-31(16-3-1)49-54-50(39-22-14-21-37-34-19-7-12-27-44(34)59-48(37)39)56-52(55-49)58-42-25-10-5-18-33(42)36-30-29-35-32-17-4-9-24-41(32)57(46(35)47(36)58)43-26-11-6-20-38(43)51-53-40-23-8-13-28-45(40)60-51/h1-30,32,41H. The maximum atomic E-state index is 6.56. The number of rotatable bonds is 5. The second kappa shape index (κ2) is 12.7. The van der Waals surface area contributed by atoms with Crippen LogP contribution < -0.4 is 4.90 Å². The molecule has 0 bridgehead atoms. The maximum Gasteiger partial charge on any atom is 0.238 e. The van der Waals surface area contributed by atoms with Crippen LogP contribution in [0, 0.1) is 0 Å². The molecule has 8 heteroatoms. The molecular formula is C52H32N6O2. The number of oxazole rings is 1. The number of nitrogens with zero attached hydrogens (tertiary/aromatic N) is 6. The van der Waals surface area contributed by atoms with Crippen molar-refractivity contribution in [2.24, 2.45) is 0 Å². The molecule has 0 radical (unpaired) electrons. The van der Waals surface area contributed by atoms with Gasteiger partial charge in [0.2, 0.25) is 11.8 Å². The van der Waals surface area contributed by atoms with Crippen LogP contribution in [0.25, 0.3) is 95.0 Å². The minimum absolute atomic E-state index is 0.00734. The highest BCUT2D eigenvalue weighted by atomic mass is 16.3. The van der Waals surface area contributed by atoms with Gasteiger partial charge in [0.25, 0.3) is 0 Å². The van der Waals surface area contributed by atoms with Crippen molar-refractivity contribution in [2.45, 2.75) is 12.0 Å². The van der Waals surface area contributed by atoms with Gasteiger partial charge >= 0.3 is 0 Å². The molecule has 8 nitrogen and oxygen atoms in total. The molecular weight excluding hydrogens is 741 g/mol. The summed E-state index contributed by atoms with van der Waals surface area (Å²) in [5.74, 6) is 2.28. The maximum absolute atomic E-state index is 6.56. The third-order valence-corrected chi connectivity index (χ3v) is 12.0. The predicted octanol–water partition coefficient (Wildman–Crippen LogP) is 12.7. The summed E-state index contributed by atoms with van der Waals surface area (Å²) in [6.45, 7) is 0. The van der Waals surface area contributed by atoms with Gasteiger partial charge in [-0.1, -0.05) is 140 Å². The summed E-state index contributed by atoms with van der Waals surface area (Å²) in [5.41, 5.74) is 11.0. The van der Waals surface area contributed by atoms with Crippen LogP contribution in [-0.2, 0) is 0 Å². The number of hydrogen-bond donors (Lipinski definition) is 0. The number of fused-ring (bicyclic) bond motifs is 11. The lowest BCUT2D eigenvalue weighted by Crippen LogP contribution is -2.29. The Morgan fingerprint density at radius 2 is 1.23 bits per heavy atom. The Morgan fingerprint density at radius 1 is 0.500 bits per heavy atom. The predicted molar refractivity (Wildman–Crippen MR) is 239 cm³/mol. The quantitative estimate of drug-likeness (QED) is 0.172. The van der Waals surface area contributed by atoms with Gasteiger partial charge in [0.15, 0.2) is 17.2 Å². The van der Waals surface area contributed by atoms with Crippen molar-refractivity contribution in [2.75, 3.05) is 4.90 Å². The van der Waals surface area contributed by atoms with Crippen molar-refractivity contribution in [3.05, 3.63) is 188 Å². The molecule has 13 rings (SSSR count). The molecule has 60 heavy (non-hydrogen) atoms. The molecule has 4 aromatic heterocycles. The highest BCUT2D eigenvalue weighted by Gasteiger charge is 2.41. The van der Waals surface area contributed by atoms with Gasteiger partial charge in [0.1, 0.15) is 16.7 Å². The fraction of sp³-hybridized carbons (Fsp3) is 0.0385. The SMILES string of the molecule is C1=CC2c3ccc4c5ccccc5n(-c5nc(-c6ccccc6)nc(-c6cccc7c6oc6ccccc67)n5)c4c3N(c3ccccc3-c3nc4ccccc4o3)C2C=C1. The first-order chi connectivity index (χ1) is 29.8. The first kappa shape index (κ1) is 32.9. The van der Waals surface area contributed by atoms with Crippen LogP contribution in [0.3, 0.4) is 0 Å². The molecule has 0 saturated heterocycles. The number of para-hydroxylation sites is 6. The molecule has 2 atom stereocenters. The fourth-order valence-electron chi connectivity index (χ4n) is 9.42. The van der Waals surface area contributed by atoms with E-state index in [1.165, 1.54) is 5.56 Å². The second-order valence-electron chi connectivity index (χ2n) is 15.3. The largest absolute Gasteiger partial charge is 0.455 e. The Bertz CT molecular complexity index is 3560. The van der Waals surface area contributed by atoms with E-state index in [-0.39, 0.29) is 12.0 Å². The third-order valence-electron chi connectivity index (χ3n) is 12.0. The van der Waals surface area contributed by atoms with Gasteiger partial charge in [-0.3, -0.25) is 4.57 Å². The highest BCUT2D eigenvalue weighted by Crippen LogP contribution is 2.54. The monoisotopic (exact) mass is 772 g/mol. The molecule has 11 aromatic rings. The van der Waals surface area contributed by atoms with E-state index in [9.17, 15) is 0 Å². The van der Waals surface area contributed by atoms with Crippen LogP contribution in [0.1, 0.15) is 11.5 Å². The Kier molecular flexibility index (Phi) is 6.97. The van der Waals surface area contributed by atoms with Crippen molar-refractivity contribution in [1.29, 1.82) is 0 Å². The number of anilines is 2. The average Bonchev–Trinajstić information content (AvgIpc) is 4.08. The number of benzene rings is 7. The fourth-order valence-corrected chi connectivity index (χ4v) is 9.42. The summed E-state index contributed by atoms with van der Waals surface area (Å²) in [7, 11) is 0. The minimum Gasteiger partial charge on any atom is -0.455 e. The summed E-state index contributed by atoms with van der Waals surface area (Å²) in [4.78, 5) is 23.4. The lowest BCUT2D eigenvalue weighted by molar-refractivity contribution is 0.619. The molecule has 0 saturated carbocycles. The zero-order chi connectivity index (χ0) is 39.3. The summed E-state index contributed by atoms with van der Waals surface area (Å²) in [6.07, 6.45) is 8.92.